The van der Waals surface area contributed by atoms with E-state index in [1.807, 2.05) is 18.2 Å². The first-order valence-corrected chi connectivity index (χ1v) is 10.0. The zero-order valence-electron chi connectivity index (χ0n) is 16.3. The largest absolute Gasteiger partial charge is 0.480 e. The Morgan fingerprint density at radius 2 is 1.83 bits per heavy atom. The van der Waals surface area contributed by atoms with Gasteiger partial charge in [0.15, 0.2) is 0 Å². The summed E-state index contributed by atoms with van der Waals surface area (Å²) in [6.07, 6.45) is 3.45. The van der Waals surface area contributed by atoms with E-state index >= 15 is 0 Å². The first kappa shape index (κ1) is 19.9. The van der Waals surface area contributed by atoms with Crippen molar-refractivity contribution in [3.8, 4) is 17.2 Å². The Balaban J connectivity index is 1.96. The minimum atomic E-state index is -0.981. The van der Waals surface area contributed by atoms with E-state index in [0.29, 0.717) is 16.3 Å². The normalized spacial score (nSPS) is 11.5. The third-order valence-corrected chi connectivity index (χ3v) is 6.18. The molecule has 0 saturated carbocycles. The van der Waals surface area contributed by atoms with Gasteiger partial charge in [0.05, 0.1) is 11.6 Å². The van der Waals surface area contributed by atoms with E-state index in [1.54, 1.807) is 44.4 Å². The summed E-state index contributed by atoms with van der Waals surface area (Å²) in [6, 6.07) is 15.8. The molecule has 0 spiro atoms. The van der Waals surface area contributed by atoms with Gasteiger partial charge in [-0.05, 0) is 60.5 Å². The second-order valence-electron chi connectivity index (χ2n) is 7.45. The average molecular weight is 416 g/mol. The maximum Gasteiger partial charge on any atom is 0.319 e. The van der Waals surface area contributed by atoms with Crippen LogP contribution in [0.5, 0.6) is 0 Å². The molecule has 6 heteroatoms. The number of nitrogens with zero attached hydrogens (tertiary/aromatic N) is 2. The van der Waals surface area contributed by atoms with Crippen molar-refractivity contribution >= 4 is 39.3 Å². The van der Waals surface area contributed by atoms with Crippen molar-refractivity contribution in [1.82, 2.24) is 4.98 Å². The fourth-order valence-electron chi connectivity index (χ4n) is 3.41. The van der Waals surface area contributed by atoms with E-state index in [2.05, 4.69) is 11.1 Å². The predicted molar refractivity (Wildman–Crippen MR) is 117 cm³/mol. The number of hydrogen-bond donors (Lipinski definition) is 1. The molecular formula is C24H17FN2O2S. The Labute approximate surface area is 177 Å². The molecule has 4 aromatic rings. The quantitative estimate of drug-likeness (QED) is 0.412. The molecule has 4 nitrogen and oxygen atoms in total. The number of thioether (sulfide) groups is 1. The number of carboxylic acid groups (broad SMARTS) is 1. The zero-order chi connectivity index (χ0) is 21.5. The number of benzene rings is 3. The molecule has 0 fully saturated rings. The highest BCUT2D eigenvalue weighted by atomic mass is 32.2. The number of aromatic nitrogens is 1. The van der Waals surface area contributed by atoms with Crippen LogP contribution in [0.25, 0.3) is 32.7 Å². The Bertz CT molecular complexity index is 1360. The lowest BCUT2D eigenvalue weighted by molar-refractivity contribution is -0.138. The second kappa shape index (κ2) is 7.43. The third kappa shape index (κ3) is 3.49. The van der Waals surface area contributed by atoms with Gasteiger partial charge in [-0.25, -0.2) is 4.39 Å². The van der Waals surface area contributed by atoms with Gasteiger partial charge >= 0.3 is 5.97 Å². The average Bonchev–Trinajstić information content (AvgIpc) is 2.72. The summed E-state index contributed by atoms with van der Waals surface area (Å²) in [5, 5.41) is 21.9. The van der Waals surface area contributed by atoms with Crippen molar-refractivity contribution in [2.75, 3.05) is 0 Å². The van der Waals surface area contributed by atoms with E-state index in [0.717, 1.165) is 26.8 Å². The molecule has 1 aromatic heterocycles. The van der Waals surface area contributed by atoms with Gasteiger partial charge in [-0.3, -0.25) is 9.78 Å². The summed E-state index contributed by atoms with van der Waals surface area (Å²) in [5.41, 5.74) is 2.03. The minimum Gasteiger partial charge on any atom is -0.480 e. The van der Waals surface area contributed by atoms with E-state index < -0.39 is 10.7 Å². The van der Waals surface area contributed by atoms with Crippen LogP contribution in [0.4, 0.5) is 4.39 Å². The van der Waals surface area contributed by atoms with Gasteiger partial charge in [0.1, 0.15) is 10.6 Å². The molecule has 0 aliphatic rings. The molecule has 0 aliphatic carbocycles. The first-order valence-electron chi connectivity index (χ1n) is 9.23. The van der Waals surface area contributed by atoms with Crippen LogP contribution in [0.15, 0.2) is 65.8 Å². The molecule has 0 unspecified atom stereocenters. The van der Waals surface area contributed by atoms with Gasteiger partial charge in [-0.15, -0.1) is 11.8 Å². The van der Waals surface area contributed by atoms with Gasteiger partial charge in [-0.1, -0.05) is 18.2 Å². The van der Waals surface area contributed by atoms with E-state index in [1.165, 1.54) is 23.9 Å². The van der Waals surface area contributed by atoms with Crippen LogP contribution in [0, 0.1) is 17.1 Å². The second-order valence-corrected chi connectivity index (χ2v) is 9.15. The number of carbonyl (C=O) groups is 1. The molecule has 0 bridgehead atoms. The van der Waals surface area contributed by atoms with Crippen LogP contribution in [-0.2, 0) is 4.79 Å². The fourth-order valence-corrected chi connectivity index (χ4v) is 4.40. The van der Waals surface area contributed by atoms with Gasteiger partial charge in [0.2, 0.25) is 0 Å². The lowest BCUT2D eigenvalue weighted by atomic mass is 9.93. The summed E-state index contributed by atoms with van der Waals surface area (Å²) in [7, 11) is 0. The molecule has 1 heterocycles. The van der Waals surface area contributed by atoms with E-state index in [4.69, 9.17) is 0 Å². The highest BCUT2D eigenvalue weighted by Crippen LogP contribution is 2.39. The van der Waals surface area contributed by atoms with Crippen LogP contribution in [0.3, 0.4) is 0 Å². The lowest BCUT2D eigenvalue weighted by Crippen LogP contribution is -2.26. The minimum absolute atomic E-state index is 0.383. The van der Waals surface area contributed by atoms with Crippen LogP contribution < -0.4 is 0 Å². The molecule has 0 radical (unpaired) electrons. The summed E-state index contributed by atoms with van der Waals surface area (Å²) in [6.45, 7) is 3.32. The summed E-state index contributed by atoms with van der Waals surface area (Å²) in [4.78, 5) is 16.7. The maximum absolute atomic E-state index is 14.1. The number of hydrogen-bond acceptors (Lipinski definition) is 4. The van der Waals surface area contributed by atoms with Crippen molar-refractivity contribution in [3.05, 3.63) is 72.3 Å². The molecule has 0 atom stereocenters. The highest BCUT2D eigenvalue weighted by molar-refractivity contribution is 8.01. The SMILES string of the molecule is CC(C)(Sc1ccc2cncc(-c3ccc(C#N)c4ccc(F)cc34)c2c1)C(=O)O. The van der Waals surface area contributed by atoms with Crippen molar-refractivity contribution in [3.63, 3.8) is 0 Å². The first-order chi connectivity index (χ1) is 14.3. The van der Waals surface area contributed by atoms with Gasteiger partial charge in [0.25, 0.3) is 0 Å². The maximum atomic E-state index is 14.1. The molecule has 3 aromatic carbocycles. The number of aliphatic carboxylic acids is 1. The monoisotopic (exact) mass is 416 g/mol. The van der Waals surface area contributed by atoms with Crippen molar-refractivity contribution in [1.29, 1.82) is 5.26 Å². The van der Waals surface area contributed by atoms with Crippen LogP contribution >= 0.6 is 11.8 Å². The molecule has 0 saturated heterocycles. The summed E-state index contributed by atoms with van der Waals surface area (Å²) in [5.74, 6) is -1.28. The van der Waals surface area contributed by atoms with Crippen molar-refractivity contribution < 1.29 is 14.3 Å². The Hall–Kier alpha value is -3.43. The lowest BCUT2D eigenvalue weighted by Gasteiger charge is -2.19. The standard InChI is InChI=1S/C24H17FN2O2S/c1-24(2,23(28)29)30-17-6-3-15-12-27-13-22(20(15)10-17)19-7-4-14(11-26)18-8-5-16(25)9-21(18)19/h3-10,12-13H,1-2H3,(H,28,29). The number of rotatable bonds is 4. The number of pyridine rings is 1. The van der Waals surface area contributed by atoms with Gasteiger partial charge in [-0.2, -0.15) is 5.26 Å². The topological polar surface area (TPSA) is 74.0 Å². The predicted octanol–water partition coefficient (Wildman–Crippen LogP) is 6.02. The molecule has 148 valence electrons. The van der Waals surface area contributed by atoms with Crippen LogP contribution in [-0.4, -0.2) is 20.8 Å². The molecule has 30 heavy (non-hydrogen) atoms. The Kier molecular flexibility index (Phi) is 4.92. The molecule has 0 aliphatic heterocycles. The van der Waals surface area contributed by atoms with Gasteiger partial charge in [0, 0.05) is 33.6 Å². The van der Waals surface area contributed by atoms with Crippen LogP contribution in [0.1, 0.15) is 19.4 Å². The zero-order valence-corrected chi connectivity index (χ0v) is 17.1. The third-order valence-electron chi connectivity index (χ3n) is 5.01. The summed E-state index contributed by atoms with van der Waals surface area (Å²) < 4.78 is 13.1. The number of fused-ring (bicyclic) bond motifs is 2. The summed E-state index contributed by atoms with van der Waals surface area (Å²) >= 11 is 1.26. The smallest absolute Gasteiger partial charge is 0.319 e. The highest BCUT2D eigenvalue weighted by Gasteiger charge is 2.28. The van der Waals surface area contributed by atoms with E-state index in [-0.39, 0.29) is 5.82 Å². The molecule has 1 N–H and O–H groups in total. The van der Waals surface area contributed by atoms with Crippen LogP contribution in [0.2, 0.25) is 0 Å². The number of carboxylic acids is 1. The molecule has 0 amide bonds. The molecule has 4 rings (SSSR count). The van der Waals surface area contributed by atoms with E-state index in [9.17, 15) is 19.6 Å². The van der Waals surface area contributed by atoms with Gasteiger partial charge < -0.3 is 5.11 Å². The number of halogens is 1. The van der Waals surface area contributed by atoms with Crippen molar-refractivity contribution in [2.24, 2.45) is 0 Å². The molecular weight excluding hydrogens is 399 g/mol. The Morgan fingerprint density at radius 1 is 1.03 bits per heavy atom. The number of nitriles is 1. The van der Waals surface area contributed by atoms with Crippen molar-refractivity contribution in [2.45, 2.75) is 23.5 Å². The fraction of sp³-hybridized carbons (Fsp3) is 0.125. The Morgan fingerprint density at radius 3 is 2.57 bits per heavy atom.